The first kappa shape index (κ1) is 20.8. The summed E-state index contributed by atoms with van der Waals surface area (Å²) in [5.41, 5.74) is -0.0198. The third-order valence-corrected chi connectivity index (χ3v) is 5.03. The monoisotopic (exact) mass is 379 g/mol. The number of nitro benzene ring substituents is 1. The molecule has 0 bridgehead atoms. The number of anilines is 1. The predicted octanol–water partition coefficient (Wildman–Crippen LogP) is 3.83. The molecule has 1 amide bonds. The van der Waals surface area contributed by atoms with Crippen LogP contribution >= 0.6 is 0 Å². The molecular formula is C19H29N3O5. The van der Waals surface area contributed by atoms with Gasteiger partial charge in [0.25, 0.3) is 5.69 Å². The van der Waals surface area contributed by atoms with Crippen LogP contribution in [0.2, 0.25) is 0 Å². The molecule has 0 atom stereocenters. The summed E-state index contributed by atoms with van der Waals surface area (Å²) in [6, 6.07) is 4.64. The van der Waals surface area contributed by atoms with Gasteiger partial charge in [0.05, 0.1) is 23.8 Å². The SMILES string of the molecule is COc1cc([N+](=O)[O-])ccc1N1CCC(C)(N(C)C(=O)OC(C)(C)C)CC1. The van der Waals surface area contributed by atoms with Gasteiger partial charge in [-0.25, -0.2) is 4.79 Å². The van der Waals surface area contributed by atoms with E-state index < -0.39 is 10.5 Å². The number of hydrogen-bond donors (Lipinski definition) is 0. The summed E-state index contributed by atoms with van der Waals surface area (Å²) in [4.78, 5) is 26.8. The van der Waals surface area contributed by atoms with Crippen LogP contribution in [0.1, 0.15) is 40.5 Å². The van der Waals surface area contributed by atoms with E-state index >= 15 is 0 Å². The van der Waals surface area contributed by atoms with Gasteiger partial charge in [0, 0.05) is 31.7 Å². The maximum Gasteiger partial charge on any atom is 0.410 e. The lowest BCUT2D eigenvalue weighted by atomic mass is 9.88. The highest BCUT2D eigenvalue weighted by molar-refractivity contribution is 5.69. The molecule has 1 heterocycles. The van der Waals surface area contributed by atoms with Crippen molar-refractivity contribution in [3.63, 3.8) is 0 Å². The highest BCUT2D eigenvalue weighted by Crippen LogP contribution is 2.37. The zero-order valence-corrected chi connectivity index (χ0v) is 16.9. The quantitative estimate of drug-likeness (QED) is 0.584. The van der Waals surface area contributed by atoms with Gasteiger partial charge < -0.3 is 19.3 Å². The van der Waals surface area contributed by atoms with Crippen molar-refractivity contribution in [2.24, 2.45) is 0 Å². The summed E-state index contributed by atoms with van der Waals surface area (Å²) < 4.78 is 10.8. The summed E-state index contributed by atoms with van der Waals surface area (Å²) in [6.07, 6.45) is 1.18. The second-order valence-corrected chi connectivity index (χ2v) is 8.14. The summed E-state index contributed by atoms with van der Waals surface area (Å²) in [5.74, 6) is 0.480. The Morgan fingerprint density at radius 1 is 1.30 bits per heavy atom. The Morgan fingerprint density at radius 2 is 1.89 bits per heavy atom. The van der Waals surface area contributed by atoms with Gasteiger partial charge in [-0.15, -0.1) is 0 Å². The van der Waals surface area contributed by atoms with Crippen LogP contribution in [0.4, 0.5) is 16.2 Å². The van der Waals surface area contributed by atoms with E-state index in [0.717, 1.165) is 18.5 Å². The lowest BCUT2D eigenvalue weighted by molar-refractivity contribution is -0.384. The zero-order chi connectivity index (χ0) is 20.4. The van der Waals surface area contributed by atoms with Crippen molar-refractivity contribution in [1.82, 2.24) is 4.90 Å². The highest BCUT2D eigenvalue weighted by atomic mass is 16.6. The van der Waals surface area contributed by atoms with Gasteiger partial charge in [-0.1, -0.05) is 0 Å². The summed E-state index contributed by atoms with van der Waals surface area (Å²) in [6.45, 7) is 9.02. The molecule has 1 fully saturated rings. The zero-order valence-electron chi connectivity index (χ0n) is 16.9. The smallest absolute Gasteiger partial charge is 0.410 e. The van der Waals surface area contributed by atoms with Crippen LogP contribution in [0.15, 0.2) is 18.2 Å². The van der Waals surface area contributed by atoms with Crippen LogP contribution in [0.5, 0.6) is 5.75 Å². The molecule has 1 aromatic carbocycles. The van der Waals surface area contributed by atoms with Crippen molar-refractivity contribution >= 4 is 17.5 Å². The molecule has 8 nitrogen and oxygen atoms in total. The maximum atomic E-state index is 12.4. The number of carbonyl (C=O) groups excluding carboxylic acids is 1. The van der Waals surface area contributed by atoms with Gasteiger partial charge in [0.1, 0.15) is 11.4 Å². The van der Waals surface area contributed by atoms with Crippen LogP contribution in [0.25, 0.3) is 0 Å². The first-order valence-electron chi connectivity index (χ1n) is 9.01. The van der Waals surface area contributed by atoms with Crippen molar-refractivity contribution in [2.45, 2.75) is 51.7 Å². The summed E-state index contributed by atoms with van der Waals surface area (Å²) in [7, 11) is 3.28. The van der Waals surface area contributed by atoms with Crippen molar-refractivity contribution in [1.29, 1.82) is 0 Å². The average Bonchev–Trinajstić information content (AvgIpc) is 2.59. The molecule has 1 aliphatic rings. The minimum Gasteiger partial charge on any atom is -0.494 e. The van der Waals surface area contributed by atoms with Crippen molar-refractivity contribution in [3.05, 3.63) is 28.3 Å². The van der Waals surface area contributed by atoms with E-state index in [0.29, 0.717) is 18.8 Å². The number of non-ortho nitro benzene ring substituents is 1. The van der Waals surface area contributed by atoms with Gasteiger partial charge in [0.2, 0.25) is 0 Å². The van der Waals surface area contributed by atoms with E-state index in [1.54, 1.807) is 18.0 Å². The summed E-state index contributed by atoms with van der Waals surface area (Å²) >= 11 is 0. The second-order valence-electron chi connectivity index (χ2n) is 8.14. The molecule has 0 saturated carbocycles. The number of benzene rings is 1. The minimum atomic E-state index is -0.533. The molecule has 2 rings (SSSR count). The van der Waals surface area contributed by atoms with Crippen LogP contribution in [0.3, 0.4) is 0 Å². The van der Waals surface area contributed by atoms with Gasteiger partial charge in [-0.2, -0.15) is 0 Å². The molecule has 27 heavy (non-hydrogen) atoms. The van der Waals surface area contributed by atoms with Gasteiger partial charge in [-0.3, -0.25) is 10.1 Å². The van der Waals surface area contributed by atoms with E-state index in [1.807, 2.05) is 20.8 Å². The second kappa shape index (κ2) is 7.62. The standard InChI is InChI=1S/C19H29N3O5/c1-18(2,3)27-17(23)20(5)19(4)9-11-21(12-10-19)15-8-7-14(22(24)25)13-16(15)26-6/h7-8,13H,9-12H2,1-6H3. The molecular weight excluding hydrogens is 350 g/mol. The molecule has 8 heteroatoms. The number of hydrogen-bond acceptors (Lipinski definition) is 6. The Hall–Kier alpha value is -2.51. The normalized spacial score (nSPS) is 16.6. The Labute approximate surface area is 160 Å². The topological polar surface area (TPSA) is 85.2 Å². The number of nitrogens with zero attached hydrogens (tertiary/aromatic N) is 3. The molecule has 1 saturated heterocycles. The third-order valence-electron chi connectivity index (χ3n) is 5.03. The van der Waals surface area contributed by atoms with E-state index in [9.17, 15) is 14.9 Å². The average molecular weight is 379 g/mol. The van der Waals surface area contributed by atoms with E-state index in [4.69, 9.17) is 9.47 Å². The predicted molar refractivity (Wildman–Crippen MR) is 103 cm³/mol. The van der Waals surface area contributed by atoms with Gasteiger partial charge >= 0.3 is 6.09 Å². The van der Waals surface area contributed by atoms with Crippen molar-refractivity contribution in [2.75, 3.05) is 32.1 Å². The molecule has 0 spiro atoms. The number of methoxy groups -OCH3 is 1. The molecule has 0 aromatic heterocycles. The van der Waals surface area contributed by atoms with Gasteiger partial charge in [0.15, 0.2) is 0 Å². The van der Waals surface area contributed by atoms with E-state index in [2.05, 4.69) is 11.8 Å². The molecule has 0 N–H and O–H groups in total. The van der Waals surface area contributed by atoms with Crippen LogP contribution < -0.4 is 9.64 Å². The first-order valence-corrected chi connectivity index (χ1v) is 9.01. The van der Waals surface area contributed by atoms with Crippen LogP contribution in [0, 0.1) is 10.1 Å². The minimum absolute atomic E-state index is 0.00195. The molecule has 1 aliphatic heterocycles. The molecule has 0 radical (unpaired) electrons. The lowest BCUT2D eigenvalue weighted by Gasteiger charge is -2.45. The van der Waals surface area contributed by atoms with Crippen LogP contribution in [-0.2, 0) is 4.74 Å². The third kappa shape index (κ3) is 4.81. The Morgan fingerprint density at radius 3 is 2.37 bits per heavy atom. The van der Waals surface area contributed by atoms with Crippen LogP contribution in [-0.4, -0.2) is 54.3 Å². The fraction of sp³-hybridized carbons (Fsp3) is 0.632. The largest absolute Gasteiger partial charge is 0.494 e. The van der Waals surface area contributed by atoms with E-state index in [1.165, 1.54) is 19.2 Å². The maximum absolute atomic E-state index is 12.4. The Bertz CT molecular complexity index is 706. The number of amides is 1. The molecule has 0 aliphatic carbocycles. The molecule has 0 unspecified atom stereocenters. The van der Waals surface area contributed by atoms with Crippen molar-refractivity contribution < 1.29 is 19.2 Å². The highest BCUT2D eigenvalue weighted by Gasteiger charge is 2.38. The number of carbonyl (C=O) groups is 1. The number of ether oxygens (including phenoxy) is 2. The number of piperidine rings is 1. The lowest BCUT2D eigenvalue weighted by Crippen LogP contribution is -2.55. The van der Waals surface area contributed by atoms with E-state index in [-0.39, 0.29) is 17.3 Å². The first-order chi connectivity index (χ1) is 12.5. The number of rotatable bonds is 4. The van der Waals surface area contributed by atoms with Crippen molar-refractivity contribution in [3.8, 4) is 5.75 Å². The Kier molecular flexibility index (Phi) is 5.87. The molecule has 150 valence electrons. The fourth-order valence-electron chi connectivity index (χ4n) is 3.16. The van der Waals surface area contributed by atoms with Gasteiger partial charge in [-0.05, 0) is 46.6 Å². The fourth-order valence-corrected chi connectivity index (χ4v) is 3.16. The number of nitro groups is 1. The summed E-state index contributed by atoms with van der Waals surface area (Å²) in [5, 5.41) is 11.0. The molecule has 1 aromatic rings. The Balaban J connectivity index is 2.10.